The number of halogens is 1. The van der Waals surface area contributed by atoms with E-state index in [4.69, 9.17) is 14.2 Å². The fraction of sp³-hybridized carbons (Fsp3) is 0.263. The van der Waals surface area contributed by atoms with Gasteiger partial charge in [0.15, 0.2) is 11.5 Å². The van der Waals surface area contributed by atoms with E-state index >= 15 is 0 Å². The summed E-state index contributed by atoms with van der Waals surface area (Å²) in [4.78, 5) is 24.3. The first-order valence-corrected chi connectivity index (χ1v) is 9.89. The van der Waals surface area contributed by atoms with Gasteiger partial charge >= 0.3 is 5.97 Å². The highest BCUT2D eigenvalue weighted by Gasteiger charge is 2.19. The minimum atomic E-state index is -0.575. The van der Waals surface area contributed by atoms with Crippen LogP contribution in [0.2, 0.25) is 0 Å². The van der Waals surface area contributed by atoms with E-state index in [0.717, 1.165) is 10.0 Å². The number of thioether (sulfide) groups is 1. The van der Waals surface area contributed by atoms with Gasteiger partial charge in [0.05, 0.1) is 38.3 Å². The van der Waals surface area contributed by atoms with E-state index in [1.807, 2.05) is 24.3 Å². The normalized spacial score (nSPS) is 10.2. The Hall–Kier alpha value is -2.19. The minimum absolute atomic E-state index is 0.196. The number of amides is 1. The predicted octanol–water partition coefficient (Wildman–Crippen LogP) is 4.12. The van der Waals surface area contributed by atoms with Gasteiger partial charge in [0, 0.05) is 22.4 Å². The molecule has 0 unspecified atom stereocenters. The van der Waals surface area contributed by atoms with Crippen molar-refractivity contribution in [3.05, 3.63) is 52.0 Å². The van der Waals surface area contributed by atoms with Gasteiger partial charge in [0.2, 0.25) is 5.91 Å². The first kappa shape index (κ1) is 21.1. The van der Waals surface area contributed by atoms with Crippen LogP contribution in [0.5, 0.6) is 11.5 Å². The van der Waals surface area contributed by atoms with E-state index in [1.54, 1.807) is 6.07 Å². The maximum Gasteiger partial charge on any atom is 0.340 e. The summed E-state index contributed by atoms with van der Waals surface area (Å²) in [6.07, 6.45) is 0. The molecule has 0 aliphatic carbocycles. The molecular weight excluding hydrogens is 434 g/mol. The van der Waals surface area contributed by atoms with Crippen LogP contribution in [-0.4, -0.2) is 39.0 Å². The largest absolute Gasteiger partial charge is 0.493 e. The average molecular weight is 454 g/mol. The summed E-state index contributed by atoms with van der Waals surface area (Å²) in [5.74, 6) is 0.924. The molecule has 0 saturated heterocycles. The highest BCUT2D eigenvalue weighted by Crippen LogP contribution is 2.33. The molecule has 2 rings (SSSR count). The molecule has 0 saturated carbocycles. The second kappa shape index (κ2) is 10.2. The number of carbonyl (C=O) groups excluding carboxylic acids is 2. The second-order valence-corrected chi connectivity index (χ2v) is 7.31. The van der Waals surface area contributed by atoms with Crippen molar-refractivity contribution in [1.29, 1.82) is 0 Å². The summed E-state index contributed by atoms with van der Waals surface area (Å²) in [6, 6.07) is 10.9. The van der Waals surface area contributed by atoms with Crippen molar-refractivity contribution in [2.24, 2.45) is 0 Å². The van der Waals surface area contributed by atoms with Crippen molar-refractivity contribution in [2.45, 2.75) is 5.75 Å². The van der Waals surface area contributed by atoms with E-state index in [-0.39, 0.29) is 17.2 Å². The third-order valence-electron chi connectivity index (χ3n) is 3.62. The molecule has 1 amide bonds. The van der Waals surface area contributed by atoms with Gasteiger partial charge in [-0.3, -0.25) is 4.79 Å². The van der Waals surface area contributed by atoms with Crippen LogP contribution in [-0.2, 0) is 15.3 Å². The van der Waals surface area contributed by atoms with Crippen molar-refractivity contribution in [3.8, 4) is 11.5 Å². The van der Waals surface area contributed by atoms with Crippen molar-refractivity contribution in [2.75, 3.05) is 32.4 Å². The van der Waals surface area contributed by atoms with Gasteiger partial charge in [0.1, 0.15) is 0 Å². The summed E-state index contributed by atoms with van der Waals surface area (Å²) in [6.45, 7) is 0. The number of ether oxygens (including phenoxy) is 3. The molecule has 1 N–H and O–H groups in total. The van der Waals surface area contributed by atoms with Crippen LogP contribution < -0.4 is 14.8 Å². The monoisotopic (exact) mass is 453 g/mol. The Morgan fingerprint density at radius 1 is 1.04 bits per heavy atom. The molecule has 0 spiro atoms. The van der Waals surface area contributed by atoms with Gasteiger partial charge in [0.25, 0.3) is 0 Å². The Labute approximate surface area is 170 Å². The molecule has 0 fully saturated rings. The Bertz CT molecular complexity index is 810. The number of nitrogens with one attached hydrogen (secondary N) is 1. The van der Waals surface area contributed by atoms with Gasteiger partial charge < -0.3 is 19.5 Å². The molecule has 0 aromatic heterocycles. The zero-order chi connectivity index (χ0) is 19.8. The van der Waals surface area contributed by atoms with Crippen LogP contribution in [0, 0.1) is 0 Å². The summed E-state index contributed by atoms with van der Waals surface area (Å²) in [5.41, 5.74) is 1.63. The molecule has 0 atom stereocenters. The zero-order valence-electron chi connectivity index (χ0n) is 15.2. The number of rotatable bonds is 8. The van der Waals surface area contributed by atoms with E-state index in [1.165, 1.54) is 39.2 Å². The standard InChI is InChI=1S/C19H20BrNO5S/c1-24-16-8-14(19(23)26-3)15(9-17(16)25-2)21-18(22)11-27-10-12-4-6-13(20)7-5-12/h4-9H,10-11H2,1-3H3,(H,21,22). The van der Waals surface area contributed by atoms with Gasteiger partial charge in [-0.25, -0.2) is 4.79 Å². The molecule has 0 heterocycles. The molecule has 2 aromatic carbocycles. The van der Waals surface area contributed by atoms with Crippen molar-refractivity contribution < 1.29 is 23.8 Å². The van der Waals surface area contributed by atoms with Crippen LogP contribution in [0.15, 0.2) is 40.9 Å². The topological polar surface area (TPSA) is 73.9 Å². The van der Waals surface area contributed by atoms with Gasteiger partial charge in [-0.05, 0) is 17.7 Å². The SMILES string of the molecule is COC(=O)c1cc(OC)c(OC)cc1NC(=O)CSCc1ccc(Br)cc1. The van der Waals surface area contributed by atoms with E-state index in [0.29, 0.717) is 22.9 Å². The Morgan fingerprint density at radius 3 is 2.26 bits per heavy atom. The summed E-state index contributed by atoms with van der Waals surface area (Å²) in [5, 5.41) is 2.74. The fourth-order valence-electron chi connectivity index (χ4n) is 2.29. The second-order valence-electron chi connectivity index (χ2n) is 5.41. The van der Waals surface area contributed by atoms with Crippen LogP contribution in [0.3, 0.4) is 0 Å². The third-order valence-corrected chi connectivity index (χ3v) is 5.15. The first-order chi connectivity index (χ1) is 13.0. The number of benzene rings is 2. The number of anilines is 1. The predicted molar refractivity (Wildman–Crippen MR) is 110 cm³/mol. The summed E-state index contributed by atoms with van der Waals surface area (Å²) >= 11 is 4.87. The van der Waals surface area contributed by atoms with Gasteiger partial charge in [-0.2, -0.15) is 0 Å². The molecule has 0 aliphatic heterocycles. The Balaban J connectivity index is 2.06. The smallest absolute Gasteiger partial charge is 0.340 e. The lowest BCUT2D eigenvalue weighted by Crippen LogP contribution is -2.17. The van der Waals surface area contributed by atoms with Crippen LogP contribution in [0.25, 0.3) is 0 Å². The lowest BCUT2D eigenvalue weighted by atomic mass is 10.1. The Kier molecular flexibility index (Phi) is 7.99. The van der Waals surface area contributed by atoms with E-state index < -0.39 is 5.97 Å². The highest BCUT2D eigenvalue weighted by molar-refractivity contribution is 9.10. The van der Waals surface area contributed by atoms with Gasteiger partial charge in [-0.15, -0.1) is 11.8 Å². The van der Waals surface area contributed by atoms with Gasteiger partial charge in [-0.1, -0.05) is 28.1 Å². The number of methoxy groups -OCH3 is 3. The maximum atomic E-state index is 12.3. The summed E-state index contributed by atoms with van der Waals surface area (Å²) in [7, 11) is 4.23. The molecule has 8 heteroatoms. The lowest BCUT2D eigenvalue weighted by molar-refractivity contribution is -0.113. The number of hydrogen-bond acceptors (Lipinski definition) is 6. The van der Waals surface area contributed by atoms with Crippen LogP contribution in [0.4, 0.5) is 5.69 Å². The van der Waals surface area contributed by atoms with E-state index in [2.05, 4.69) is 21.2 Å². The fourth-order valence-corrected chi connectivity index (χ4v) is 3.34. The molecule has 2 aromatic rings. The van der Waals surface area contributed by atoms with Crippen molar-refractivity contribution in [3.63, 3.8) is 0 Å². The molecule has 0 bridgehead atoms. The molecule has 0 radical (unpaired) electrons. The number of carbonyl (C=O) groups is 2. The number of esters is 1. The molecule has 0 aliphatic rings. The highest BCUT2D eigenvalue weighted by atomic mass is 79.9. The molecule has 27 heavy (non-hydrogen) atoms. The number of hydrogen-bond donors (Lipinski definition) is 1. The Morgan fingerprint density at radius 2 is 1.67 bits per heavy atom. The van der Waals surface area contributed by atoms with Crippen LogP contribution >= 0.6 is 27.7 Å². The van der Waals surface area contributed by atoms with Crippen molar-refractivity contribution in [1.82, 2.24) is 0 Å². The first-order valence-electron chi connectivity index (χ1n) is 7.94. The quantitative estimate of drug-likeness (QED) is 0.605. The maximum absolute atomic E-state index is 12.3. The summed E-state index contributed by atoms with van der Waals surface area (Å²) < 4.78 is 16.2. The molecular formula is C19H20BrNO5S. The molecule has 6 nitrogen and oxygen atoms in total. The minimum Gasteiger partial charge on any atom is -0.493 e. The average Bonchev–Trinajstić information content (AvgIpc) is 2.68. The van der Waals surface area contributed by atoms with Crippen molar-refractivity contribution >= 4 is 45.3 Å². The zero-order valence-corrected chi connectivity index (χ0v) is 17.6. The third kappa shape index (κ3) is 5.90. The molecule has 144 valence electrons. The lowest BCUT2D eigenvalue weighted by Gasteiger charge is -2.14. The van der Waals surface area contributed by atoms with E-state index in [9.17, 15) is 9.59 Å². The van der Waals surface area contributed by atoms with Crippen LogP contribution in [0.1, 0.15) is 15.9 Å².